The van der Waals surface area contributed by atoms with Crippen molar-refractivity contribution < 1.29 is 9.53 Å². The van der Waals surface area contributed by atoms with Crippen LogP contribution in [0.5, 0.6) is 0 Å². The molecule has 112 valence electrons. The number of carbonyl (C=O) groups is 1. The van der Waals surface area contributed by atoms with E-state index in [-0.39, 0.29) is 11.9 Å². The molecule has 0 radical (unpaired) electrons. The van der Waals surface area contributed by atoms with E-state index >= 15 is 0 Å². The van der Waals surface area contributed by atoms with Gasteiger partial charge in [0.2, 0.25) is 5.95 Å². The van der Waals surface area contributed by atoms with Gasteiger partial charge in [-0.05, 0) is 54.3 Å². The predicted octanol–water partition coefficient (Wildman–Crippen LogP) is 2.38. The molecule has 3 aromatic rings. The van der Waals surface area contributed by atoms with E-state index in [0.29, 0.717) is 11.2 Å². The summed E-state index contributed by atoms with van der Waals surface area (Å²) in [6.07, 6.45) is 1.80. The zero-order valence-electron chi connectivity index (χ0n) is 12.6. The van der Waals surface area contributed by atoms with Gasteiger partial charge >= 0.3 is 5.97 Å². The summed E-state index contributed by atoms with van der Waals surface area (Å²) in [6.45, 7) is 3.90. The zero-order chi connectivity index (χ0) is 15.9. The highest BCUT2D eigenvalue weighted by Crippen LogP contribution is 2.27. The molecule has 0 fully saturated rings. The fraction of sp³-hybridized carbons (Fsp3) is 0.188. The molecule has 0 bridgehead atoms. The van der Waals surface area contributed by atoms with Crippen LogP contribution in [0.2, 0.25) is 0 Å². The number of esters is 1. The van der Waals surface area contributed by atoms with Crippen molar-refractivity contribution in [3.05, 3.63) is 47.2 Å². The van der Waals surface area contributed by atoms with Gasteiger partial charge in [0, 0.05) is 6.20 Å². The second kappa shape index (κ2) is 5.14. The van der Waals surface area contributed by atoms with Crippen molar-refractivity contribution in [2.75, 3.05) is 12.8 Å². The van der Waals surface area contributed by atoms with Crippen molar-refractivity contribution >= 4 is 17.6 Å². The molecule has 0 atom stereocenters. The van der Waals surface area contributed by atoms with Crippen LogP contribution in [0.1, 0.15) is 21.5 Å². The van der Waals surface area contributed by atoms with Crippen LogP contribution in [-0.4, -0.2) is 27.7 Å². The second-order valence-corrected chi connectivity index (χ2v) is 5.16. The van der Waals surface area contributed by atoms with E-state index in [1.807, 2.05) is 38.1 Å². The molecule has 1 aromatic carbocycles. The second-order valence-electron chi connectivity index (χ2n) is 5.16. The molecule has 0 aliphatic heterocycles. The van der Waals surface area contributed by atoms with E-state index in [1.165, 1.54) is 7.11 Å². The fourth-order valence-electron chi connectivity index (χ4n) is 2.56. The topological polar surface area (TPSA) is 82.5 Å². The first kappa shape index (κ1) is 14.1. The fourth-order valence-corrected chi connectivity index (χ4v) is 2.56. The SMILES string of the molecule is COC(=O)c1cc(-c2ccn3nc(N)nc3c2)c(C)cc1C. The highest BCUT2D eigenvalue weighted by molar-refractivity contribution is 5.93. The van der Waals surface area contributed by atoms with Crippen molar-refractivity contribution in [2.24, 2.45) is 0 Å². The number of hydrogen-bond acceptors (Lipinski definition) is 5. The maximum absolute atomic E-state index is 11.9. The molecule has 0 spiro atoms. The lowest BCUT2D eigenvalue weighted by atomic mass is 9.95. The number of fused-ring (bicyclic) bond motifs is 1. The lowest BCUT2D eigenvalue weighted by molar-refractivity contribution is 0.0600. The van der Waals surface area contributed by atoms with Crippen LogP contribution in [0.25, 0.3) is 16.8 Å². The average molecular weight is 296 g/mol. The lowest BCUT2D eigenvalue weighted by Gasteiger charge is -2.11. The van der Waals surface area contributed by atoms with Crippen LogP contribution in [0.15, 0.2) is 30.5 Å². The standard InChI is InChI=1S/C16H16N4O2/c1-9-6-10(2)13(15(21)22-3)8-12(9)11-4-5-20-14(7-11)18-16(17)19-20/h4-8H,1-3H3,(H2,17,19). The molecular weight excluding hydrogens is 280 g/mol. The van der Waals surface area contributed by atoms with Gasteiger partial charge in [-0.15, -0.1) is 5.10 Å². The summed E-state index contributed by atoms with van der Waals surface area (Å²) in [5, 5.41) is 4.05. The Morgan fingerprint density at radius 3 is 2.73 bits per heavy atom. The van der Waals surface area contributed by atoms with Crippen LogP contribution >= 0.6 is 0 Å². The van der Waals surface area contributed by atoms with E-state index in [4.69, 9.17) is 10.5 Å². The van der Waals surface area contributed by atoms with E-state index in [1.54, 1.807) is 10.7 Å². The summed E-state index contributed by atoms with van der Waals surface area (Å²) < 4.78 is 6.45. The van der Waals surface area contributed by atoms with E-state index < -0.39 is 0 Å². The third-order valence-corrected chi connectivity index (χ3v) is 3.64. The highest BCUT2D eigenvalue weighted by Gasteiger charge is 2.14. The first-order valence-corrected chi connectivity index (χ1v) is 6.81. The molecule has 0 saturated carbocycles. The number of nitrogen functional groups attached to an aromatic ring is 1. The number of carbonyl (C=O) groups excluding carboxylic acids is 1. The summed E-state index contributed by atoms with van der Waals surface area (Å²) in [4.78, 5) is 16.0. The number of aromatic nitrogens is 3. The van der Waals surface area contributed by atoms with Crippen LogP contribution in [0, 0.1) is 13.8 Å². The van der Waals surface area contributed by atoms with Crippen molar-refractivity contribution in [3.63, 3.8) is 0 Å². The normalized spacial score (nSPS) is 10.9. The number of rotatable bonds is 2. The number of pyridine rings is 1. The largest absolute Gasteiger partial charge is 0.465 e. The third kappa shape index (κ3) is 2.28. The molecule has 3 rings (SSSR count). The Morgan fingerprint density at radius 1 is 1.23 bits per heavy atom. The average Bonchev–Trinajstić information content (AvgIpc) is 2.85. The van der Waals surface area contributed by atoms with Gasteiger partial charge < -0.3 is 10.5 Å². The van der Waals surface area contributed by atoms with Crippen molar-refractivity contribution in [1.29, 1.82) is 0 Å². The van der Waals surface area contributed by atoms with E-state index in [9.17, 15) is 4.79 Å². The Bertz CT molecular complexity index is 883. The number of benzene rings is 1. The number of nitrogens with zero attached hydrogens (tertiary/aromatic N) is 3. The van der Waals surface area contributed by atoms with Gasteiger partial charge in [0.05, 0.1) is 12.7 Å². The molecule has 0 aliphatic rings. The molecule has 2 N–H and O–H groups in total. The Balaban J connectivity index is 2.18. The van der Waals surface area contributed by atoms with Crippen LogP contribution in [0.3, 0.4) is 0 Å². The van der Waals surface area contributed by atoms with Gasteiger partial charge in [0.15, 0.2) is 5.65 Å². The van der Waals surface area contributed by atoms with E-state index in [0.717, 1.165) is 22.3 Å². The van der Waals surface area contributed by atoms with Crippen molar-refractivity contribution in [2.45, 2.75) is 13.8 Å². The number of aryl methyl sites for hydroxylation is 2. The lowest BCUT2D eigenvalue weighted by Crippen LogP contribution is -2.05. The molecule has 0 unspecified atom stereocenters. The minimum Gasteiger partial charge on any atom is -0.465 e. The molecule has 6 nitrogen and oxygen atoms in total. The molecule has 0 saturated heterocycles. The van der Waals surface area contributed by atoms with E-state index in [2.05, 4.69) is 10.1 Å². The third-order valence-electron chi connectivity index (χ3n) is 3.64. The number of methoxy groups -OCH3 is 1. The summed E-state index contributed by atoms with van der Waals surface area (Å²) in [6, 6.07) is 7.63. The Morgan fingerprint density at radius 2 is 2.00 bits per heavy atom. The predicted molar refractivity (Wildman–Crippen MR) is 83.6 cm³/mol. The molecule has 22 heavy (non-hydrogen) atoms. The van der Waals surface area contributed by atoms with Gasteiger partial charge in [0.25, 0.3) is 0 Å². The number of nitrogens with two attached hydrogens (primary N) is 1. The van der Waals surface area contributed by atoms with Crippen LogP contribution in [-0.2, 0) is 4.74 Å². The summed E-state index contributed by atoms with van der Waals surface area (Å²) in [5.41, 5.74) is 10.7. The van der Waals surface area contributed by atoms with Crippen LogP contribution in [0.4, 0.5) is 5.95 Å². The van der Waals surface area contributed by atoms with Gasteiger partial charge in [-0.3, -0.25) is 0 Å². The highest BCUT2D eigenvalue weighted by atomic mass is 16.5. The summed E-state index contributed by atoms with van der Waals surface area (Å²) in [5.74, 6) is -0.112. The first-order valence-electron chi connectivity index (χ1n) is 6.81. The smallest absolute Gasteiger partial charge is 0.338 e. The molecule has 0 aliphatic carbocycles. The minimum absolute atomic E-state index is 0.230. The number of hydrogen-bond donors (Lipinski definition) is 1. The Kier molecular flexibility index (Phi) is 3.29. The Hall–Kier alpha value is -2.89. The molecule has 0 amide bonds. The summed E-state index contributed by atoms with van der Waals surface area (Å²) in [7, 11) is 1.38. The summed E-state index contributed by atoms with van der Waals surface area (Å²) >= 11 is 0. The number of ether oxygens (including phenoxy) is 1. The van der Waals surface area contributed by atoms with Gasteiger partial charge in [-0.1, -0.05) is 6.07 Å². The maximum atomic E-state index is 11.9. The van der Waals surface area contributed by atoms with Gasteiger partial charge in [0.1, 0.15) is 0 Å². The molecule has 6 heteroatoms. The minimum atomic E-state index is -0.341. The van der Waals surface area contributed by atoms with Crippen LogP contribution < -0.4 is 5.73 Å². The zero-order valence-corrected chi connectivity index (χ0v) is 12.6. The van der Waals surface area contributed by atoms with Crippen molar-refractivity contribution in [3.8, 4) is 11.1 Å². The van der Waals surface area contributed by atoms with Crippen molar-refractivity contribution in [1.82, 2.24) is 14.6 Å². The number of anilines is 1. The first-order chi connectivity index (χ1) is 10.5. The molecule has 2 heterocycles. The Labute approximate surface area is 127 Å². The quantitative estimate of drug-likeness (QED) is 0.734. The monoisotopic (exact) mass is 296 g/mol. The van der Waals surface area contributed by atoms with Gasteiger partial charge in [-0.2, -0.15) is 4.98 Å². The molecular formula is C16H16N4O2. The van der Waals surface area contributed by atoms with Gasteiger partial charge in [-0.25, -0.2) is 9.31 Å². The molecule has 2 aromatic heterocycles. The maximum Gasteiger partial charge on any atom is 0.338 e.